The van der Waals surface area contributed by atoms with Crippen molar-refractivity contribution in [2.24, 2.45) is 0 Å². The second-order valence-electron chi connectivity index (χ2n) is 4.22. The number of aliphatic carboxylic acids is 1. The Morgan fingerprint density at radius 1 is 1.47 bits per heavy atom. The van der Waals surface area contributed by atoms with Crippen molar-refractivity contribution in [1.29, 1.82) is 0 Å². The van der Waals surface area contributed by atoms with Crippen LogP contribution in [0.5, 0.6) is 11.5 Å². The Morgan fingerprint density at radius 3 is 2.53 bits per heavy atom. The highest BCUT2D eigenvalue weighted by atomic mass is 79.9. The van der Waals surface area contributed by atoms with Gasteiger partial charge in [0.05, 0.1) is 17.0 Å². The van der Waals surface area contributed by atoms with Gasteiger partial charge in [-0.2, -0.15) is 0 Å². The highest BCUT2D eigenvalue weighted by Crippen LogP contribution is 2.50. The van der Waals surface area contributed by atoms with Crippen LogP contribution in [-0.2, 0) is 10.2 Å². The summed E-state index contributed by atoms with van der Waals surface area (Å²) >= 11 is 3.19. The molecule has 0 radical (unpaired) electrons. The fourth-order valence-corrected chi connectivity index (χ4v) is 2.57. The number of phenols is 1. The van der Waals surface area contributed by atoms with Gasteiger partial charge in [-0.25, -0.2) is 0 Å². The van der Waals surface area contributed by atoms with Crippen LogP contribution in [0.25, 0.3) is 0 Å². The molecule has 0 atom stereocenters. The van der Waals surface area contributed by atoms with Gasteiger partial charge in [-0.15, -0.1) is 0 Å². The average Bonchev–Trinajstić information content (AvgIpc) is 2.21. The van der Waals surface area contributed by atoms with Crippen molar-refractivity contribution in [2.75, 3.05) is 7.11 Å². The fourth-order valence-electron chi connectivity index (χ4n) is 2.26. The summed E-state index contributed by atoms with van der Waals surface area (Å²) in [6.07, 6.45) is 2.05. The summed E-state index contributed by atoms with van der Waals surface area (Å²) in [5.41, 5.74) is -0.344. The molecule has 1 aliphatic carbocycles. The number of ether oxygens (including phenoxy) is 1. The third-order valence-corrected chi connectivity index (χ3v) is 4.06. The second-order valence-corrected chi connectivity index (χ2v) is 5.07. The Bertz CT molecular complexity index is 466. The van der Waals surface area contributed by atoms with Gasteiger partial charge in [0.15, 0.2) is 11.5 Å². The molecule has 1 fully saturated rings. The molecule has 1 aromatic rings. The number of hydrogen-bond acceptors (Lipinski definition) is 3. The summed E-state index contributed by atoms with van der Waals surface area (Å²) in [5, 5.41) is 19.2. The van der Waals surface area contributed by atoms with Crippen molar-refractivity contribution >= 4 is 21.9 Å². The smallest absolute Gasteiger partial charge is 0.314 e. The monoisotopic (exact) mass is 300 g/mol. The van der Waals surface area contributed by atoms with Crippen LogP contribution in [0.4, 0.5) is 0 Å². The molecule has 0 amide bonds. The fraction of sp³-hybridized carbons (Fsp3) is 0.417. The maximum absolute atomic E-state index is 11.4. The van der Waals surface area contributed by atoms with E-state index < -0.39 is 11.4 Å². The maximum Gasteiger partial charge on any atom is 0.314 e. The van der Waals surface area contributed by atoms with Crippen LogP contribution in [0.3, 0.4) is 0 Å². The zero-order valence-electron chi connectivity index (χ0n) is 9.36. The number of methoxy groups -OCH3 is 1. The van der Waals surface area contributed by atoms with Crippen LogP contribution in [-0.4, -0.2) is 23.3 Å². The first-order valence-electron chi connectivity index (χ1n) is 5.32. The van der Waals surface area contributed by atoms with Crippen molar-refractivity contribution in [2.45, 2.75) is 24.7 Å². The number of hydrogen-bond donors (Lipinski definition) is 2. The Labute approximate surface area is 107 Å². The molecule has 92 valence electrons. The lowest BCUT2D eigenvalue weighted by Gasteiger charge is -2.38. The number of aromatic hydroxyl groups is 1. The van der Waals surface area contributed by atoms with Gasteiger partial charge < -0.3 is 14.9 Å². The minimum absolute atomic E-state index is 0.0440. The molecular weight excluding hydrogens is 288 g/mol. The van der Waals surface area contributed by atoms with E-state index in [4.69, 9.17) is 4.74 Å². The number of rotatable bonds is 3. The highest BCUT2D eigenvalue weighted by Gasteiger charge is 2.48. The summed E-state index contributed by atoms with van der Waals surface area (Å²) in [5.74, 6) is -0.650. The zero-order valence-corrected chi connectivity index (χ0v) is 11.0. The van der Waals surface area contributed by atoms with E-state index in [2.05, 4.69) is 15.9 Å². The van der Waals surface area contributed by atoms with E-state index in [1.165, 1.54) is 7.11 Å². The maximum atomic E-state index is 11.4. The van der Waals surface area contributed by atoms with Gasteiger partial charge in [0, 0.05) is 5.56 Å². The van der Waals surface area contributed by atoms with E-state index >= 15 is 0 Å². The quantitative estimate of drug-likeness (QED) is 0.900. The summed E-state index contributed by atoms with van der Waals surface area (Å²) in [6.45, 7) is 0. The van der Waals surface area contributed by atoms with Gasteiger partial charge in [0.1, 0.15) is 0 Å². The van der Waals surface area contributed by atoms with Crippen molar-refractivity contribution in [3.8, 4) is 11.5 Å². The third-order valence-electron chi connectivity index (χ3n) is 3.42. The molecule has 1 aliphatic rings. The van der Waals surface area contributed by atoms with Gasteiger partial charge in [0.2, 0.25) is 0 Å². The van der Waals surface area contributed by atoms with Crippen LogP contribution in [0.15, 0.2) is 16.6 Å². The molecule has 4 nitrogen and oxygen atoms in total. The predicted octanol–water partition coefficient (Wildman–Crippen LogP) is 2.67. The Hall–Kier alpha value is -1.23. The number of phenolic OH excluding ortho intramolecular Hbond substituents is 1. The standard InChI is InChI=1S/C12H13BrO4/c1-17-10-7(3-4-8(13)9(10)14)12(11(15)16)5-2-6-12/h3-4,14H,2,5-6H2,1H3,(H,15,16). The predicted molar refractivity (Wildman–Crippen MR) is 65.5 cm³/mol. The van der Waals surface area contributed by atoms with Gasteiger partial charge in [-0.05, 0) is 34.8 Å². The van der Waals surface area contributed by atoms with E-state index in [9.17, 15) is 15.0 Å². The molecule has 5 heteroatoms. The van der Waals surface area contributed by atoms with E-state index in [0.29, 0.717) is 22.9 Å². The average molecular weight is 301 g/mol. The molecule has 0 bridgehead atoms. The largest absolute Gasteiger partial charge is 0.503 e. The summed E-state index contributed by atoms with van der Waals surface area (Å²) in [7, 11) is 1.43. The Balaban J connectivity index is 2.59. The van der Waals surface area contributed by atoms with Crippen molar-refractivity contribution in [1.82, 2.24) is 0 Å². The van der Waals surface area contributed by atoms with Crippen LogP contribution in [0, 0.1) is 0 Å². The molecule has 17 heavy (non-hydrogen) atoms. The topological polar surface area (TPSA) is 66.8 Å². The lowest BCUT2D eigenvalue weighted by molar-refractivity contribution is -0.147. The molecule has 0 unspecified atom stereocenters. The third kappa shape index (κ3) is 1.69. The number of carbonyl (C=O) groups is 1. The van der Waals surface area contributed by atoms with Gasteiger partial charge >= 0.3 is 5.97 Å². The summed E-state index contributed by atoms with van der Waals surface area (Å²) in [6, 6.07) is 3.35. The van der Waals surface area contributed by atoms with Crippen LogP contribution in [0.1, 0.15) is 24.8 Å². The molecule has 0 aromatic heterocycles. The van der Waals surface area contributed by atoms with Crippen LogP contribution < -0.4 is 4.74 Å². The van der Waals surface area contributed by atoms with Crippen molar-refractivity contribution in [3.63, 3.8) is 0 Å². The molecule has 1 saturated carbocycles. The number of benzene rings is 1. The highest BCUT2D eigenvalue weighted by molar-refractivity contribution is 9.10. The Morgan fingerprint density at radius 2 is 2.12 bits per heavy atom. The zero-order chi connectivity index (χ0) is 12.6. The Kier molecular flexibility index (Phi) is 3.03. The number of carboxylic acid groups (broad SMARTS) is 1. The molecule has 1 aromatic carbocycles. The van der Waals surface area contributed by atoms with Gasteiger partial charge in [-0.1, -0.05) is 12.5 Å². The molecular formula is C12H13BrO4. The molecule has 0 aliphatic heterocycles. The van der Waals surface area contributed by atoms with Gasteiger partial charge in [-0.3, -0.25) is 4.79 Å². The molecule has 0 heterocycles. The number of halogens is 1. The summed E-state index contributed by atoms with van der Waals surface area (Å²) < 4.78 is 5.64. The number of carboxylic acids is 1. The molecule has 2 N–H and O–H groups in total. The molecule has 0 spiro atoms. The van der Waals surface area contributed by atoms with E-state index in [1.807, 2.05) is 0 Å². The van der Waals surface area contributed by atoms with Crippen molar-refractivity contribution < 1.29 is 19.7 Å². The first-order valence-corrected chi connectivity index (χ1v) is 6.11. The minimum atomic E-state index is -0.899. The van der Waals surface area contributed by atoms with E-state index in [-0.39, 0.29) is 11.5 Å². The summed E-state index contributed by atoms with van der Waals surface area (Å²) in [4.78, 5) is 11.4. The normalized spacial score (nSPS) is 17.3. The van der Waals surface area contributed by atoms with Crippen LogP contribution >= 0.6 is 15.9 Å². The molecule has 2 rings (SSSR count). The minimum Gasteiger partial charge on any atom is -0.503 e. The SMILES string of the molecule is COc1c(C2(C(=O)O)CCC2)ccc(Br)c1O. The van der Waals surface area contributed by atoms with Crippen molar-refractivity contribution in [3.05, 3.63) is 22.2 Å². The molecule has 0 saturated heterocycles. The van der Waals surface area contributed by atoms with E-state index in [0.717, 1.165) is 6.42 Å². The van der Waals surface area contributed by atoms with E-state index in [1.54, 1.807) is 12.1 Å². The lowest BCUT2D eigenvalue weighted by atomic mass is 9.64. The van der Waals surface area contributed by atoms with Gasteiger partial charge in [0.25, 0.3) is 0 Å². The first kappa shape index (κ1) is 12.2. The second kappa shape index (κ2) is 4.22. The lowest BCUT2D eigenvalue weighted by Crippen LogP contribution is -2.42. The first-order chi connectivity index (χ1) is 8.03. The van der Waals surface area contributed by atoms with Crippen LogP contribution in [0.2, 0.25) is 0 Å².